The molecule has 5 nitrogen and oxygen atoms in total. The van der Waals surface area contributed by atoms with Gasteiger partial charge < -0.3 is 9.67 Å². The summed E-state index contributed by atoms with van der Waals surface area (Å²) in [6, 6.07) is 32.1. The summed E-state index contributed by atoms with van der Waals surface area (Å²) in [6.07, 6.45) is 0.796. The average molecular weight is 521 g/mol. The van der Waals surface area contributed by atoms with E-state index in [2.05, 4.69) is 33.2 Å². The molecule has 0 aliphatic heterocycles. The number of pyridine rings is 1. The van der Waals surface area contributed by atoms with Gasteiger partial charge in [-0.2, -0.15) is 0 Å². The predicted octanol–water partition coefficient (Wildman–Crippen LogP) is 8.47. The summed E-state index contributed by atoms with van der Waals surface area (Å²) < 4.78 is 2.83. The van der Waals surface area contributed by atoms with Gasteiger partial charge in [-0.05, 0) is 42.3 Å². The second-order valence-electron chi connectivity index (χ2n) is 8.42. The van der Waals surface area contributed by atoms with Gasteiger partial charge in [0, 0.05) is 27.2 Å². The Balaban J connectivity index is 1.49. The molecule has 170 valence electrons. The van der Waals surface area contributed by atoms with Crippen molar-refractivity contribution >= 4 is 60.0 Å². The lowest BCUT2D eigenvalue weighted by atomic mass is 10.1. The molecule has 0 aliphatic carbocycles. The Morgan fingerprint density at radius 2 is 1.34 bits per heavy atom. The summed E-state index contributed by atoms with van der Waals surface area (Å²) in [5, 5.41) is 23.3. The normalized spacial score (nSPS) is 11.8. The molecular formula is C29H21BrN4O. The molecule has 0 aliphatic rings. The maximum atomic E-state index is 11.3. The highest BCUT2D eigenvalue weighted by molar-refractivity contribution is 9.10. The molecule has 2 aromatic heterocycles. The first-order valence-electron chi connectivity index (χ1n) is 11.4. The van der Waals surface area contributed by atoms with E-state index in [4.69, 9.17) is 10.1 Å². The zero-order valence-corrected chi connectivity index (χ0v) is 20.4. The number of benzene rings is 4. The molecule has 0 bridgehead atoms. The standard InChI is InChI=1S/C29H21BrN4O/c30-20-14-15-26-23(18-20)28(29(35)34(26)17-16-19-8-2-1-3-9-19)33-32-27-21-10-4-6-12-24(21)31-25-13-7-5-11-22(25)27/h1-15,18,35H,16-17H2. The molecule has 0 amide bonds. The number of fused-ring (bicyclic) bond motifs is 3. The number of aryl methyl sites for hydroxylation is 2. The van der Waals surface area contributed by atoms with Crippen LogP contribution in [0.25, 0.3) is 32.7 Å². The maximum absolute atomic E-state index is 11.3. The molecule has 2 heterocycles. The fraction of sp³-hybridized carbons (Fsp3) is 0.0690. The van der Waals surface area contributed by atoms with E-state index in [9.17, 15) is 5.11 Å². The van der Waals surface area contributed by atoms with Crippen molar-refractivity contribution in [2.75, 3.05) is 0 Å². The van der Waals surface area contributed by atoms with Crippen molar-refractivity contribution in [2.45, 2.75) is 13.0 Å². The third kappa shape index (κ3) is 3.96. The van der Waals surface area contributed by atoms with Crippen LogP contribution in [-0.4, -0.2) is 14.7 Å². The summed E-state index contributed by atoms with van der Waals surface area (Å²) in [7, 11) is 0. The van der Waals surface area contributed by atoms with Crippen LogP contribution in [0.3, 0.4) is 0 Å². The molecular weight excluding hydrogens is 500 g/mol. The highest BCUT2D eigenvalue weighted by Crippen LogP contribution is 2.42. The molecule has 0 fully saturated rings. The Bertz CT molecular complexity index is 1670. The number of aromatic hydroxyl groups is 1. The quantitative estimate of drug-likeness (QED) is 0.183. The summed E-state index contributed by atoms with van der Waals surface area (Å²) >= 11 is 3.57. The zero-order chi connectivity index (χ0) is 23.8. The van der Waals surface area contributed by atoms with Crippen LogP contribution in [0.1, 0.15) is 5.56 Å². The molecule has 0 saturated heterocycles. The second kappa shape index (κ2) is 8.96. The predicted molar refractivity (Wildman–Crippen MR) is 145 cm³/mol. The van der Waals surface area contributed by atoms with Crippen LogP contribution in [0.15, 0.2) is 112 Å². The topological polar surface area (TPSA) is 62.8 Å². The minimum Gasteiger partial charge on any atom is -0.493 e. The molecule has 6 aromatic rings. The Kier molecular flexibility index (Phi) is 5.51. The van der Waals surface area contributed by atoms with E-state index in [-0.39, 0.29) is 5.88 Å². The van der Waals surface area contributed by atoms with Crippen LogP contribution in [-0.2, 0) is 13.0 Å². The Hall–Kier alpha value is -4.03. The molecule has 6 heteroatoms. The van der Waals surface area contributed by atoms with E-state index in [1.807, 2.05) is 89.5 Å². The van der Waals surface area contributed by atoms with Crippen molar-refractivity contribution in [3.63, 3.8) is 0 Å². The number of azo groups is 1. The average Bonchev–Trinajstić information content (AvgIpc) is 3.15. The lowest BCUT2D eigenvalue weighted by Crippen LogP contribution is -2.00. The van der Waals surface area contributed by atoms with Crippen molar-refractivity contribution in [1.82, 2.24) is 9.55 Å². The van der Waals surface area contributed by atoms with Crippen LogP contribution in [0.5, 0.6) is 5.88 Å². The molecule has 0 saturated carbocycles. The highest BCUT2D eigenvalue weighted by atomic mass is 79.9. The molecule has 6 rings (SSSR count). The summed E-state index contributed by atoms with van der Waals surface area (Å²) in [5.74, 6) is 0.112. The van der Waals surface area contributed by atoms with Gasteiger partial charge in [-0.1, -0.05) is 82.7 Å². The van der Waals surface area contributed by atoms with Crippen molar-refractivity contribution < 1.29 is 5.11 Å². The van der Waals surface area contributed by atoms with Gasteiger partial charge >= 0.3 is 0 Å². The monoisotopic (exact) mass is 520 g/mol. The third-order valence-corrected chi connectivity index (χ3v) is 6.74. The molecule has 0 radical (unpaired) electrons. The van der Waals surface area contributed by atoms with E-state index in [1.165, 1.54) is 5.56 Å². The van der Waals surface area contributed by atoms with Crippen LogP contribution >= 0.6 is 15.9 Å². The van der Waals surface area contributed by atoms with E-state index < -0.39 is 0 Å². The zero-order valence-electron chi connectivity index (χ0n) is 18.8. The van der Waals surface area contributed by atoms with E-state index in [0.717, 1.165) is 49.3 Å². The smallest absolute Gasteiger partial charge is 0.220 e. The SMILES string of the molecule is Oc1c(N=Nc2c3ccccc3nc3ccccc23)c2cc(Br)ccc2n1CCc1ccccc1. The molecule has 4 aromatic carbocycles. The van der Waals surface area contributed by atoms with Crippen molar-refractivity contribution in [3.8, 4) is 5.88 Å². The fourth-order valence-corrected chi connectivity index (χ4v) is 4.89. The van der Waals surface area contributed by atoms with E-state index in [1.54, 1.807) is 0 Å². The van der Waals surface area contributed by atoms with Gasteiger partial charge in [-0.15, -0.1) is 10.2 Å². The molecule has 1 N–H and O–H groups in total. The second-order valence-corrected chi connectivity index (χ2v) is 9.33. The first kappa shape index (κ1) is 21.5. The van der Waals surface area contributed by atoms with Crippen LogP contribution in [0, 0.1) is 0 Å². The van der Waals surface area contributed by atoms with Crippen LogP contribution in [0.4, 0.5) is 11.4 Å². The highest BCUT2D eigenvalue weighted by Gasteiger charge is 2.18. The number of rotatable bonds is 5. The summed E-state index contributed by atoms with van der Waals surface area (Å²) in [6.45, 7) is 0.630. The van der Waals surface area contributed by atoms with Crippen LogP contribution < -0.4 is 0 Å². The fourth-order valence-electron chi connectivity index (χ4n) is 4.53. The first-order valence-corrected chi connectivity index (χ1v) is 12.2. The Morgan fingerprint density at radius 1 is 0.714 bits per heavy atom. The van der Waals surface area contributed by atoms with Gasteiger partial charge in [0.05, 0.1) is 16.6 Å². The van der Waals surface area contributed by atoms with Gasteiger partial charge in [0.25, 0.3) is 0 Å². The Morgan fingerprint density at radius 3 is 2.06 bits per heavy atom. The van der Waals surface area contributed by atoms with Crippen LogP contribution in [0.2, 0.25) is 0 Å². The van der Waals surface area contributed by atoms with Crippen molar-refractivity contribution in [2.24, 2.45) is 10.2 Å². The van der Waals surface area contributed by atoms with Gasteiger partial charge in [-0.25, -0.2) is 4.98 Å². The number of para-hydroxylation sites is 2. The minimum absolute atomic E-state index is 0.112. The molecule has 35 heavy (non-hydrogen) atoms. The van der Waals surface area contributed by atoms with E-state index in [0.29, 0.717) is 12.2 Å². The number of halogens is 1. The first-order chi connectivity index (χ1) is 17.2. The summed E-state index contributed by atoms with van der Waals surface area (Å²) in [4.78, 5) is 4.77. The third-order valence-electron chi connectivity index (χ3n) is 6.25. The number of aromatic nitrogens is 2. The summed E-state index contributed by atoms with van der Waals surface area (Å²) in [5.41, 5.74) is 5.05. The van der Waals surface area contributed by atoms with Gasteiger partial charge in [0.15, 0.2) is 5.69 Å². The van der Waals surface area contributed by atoms with Crippen molar-refractivity contribution in [3.05, 3.63) is 107 Å². The molecule has 0 unspecified atom stereocenters. The largest absolute Gasteiger partial charge is 0.493 e. The van der Waals surface area contributed by atoms with E-state index >= 15 is 0 Å². The molecule has 0 spiro atoms. The minimum atomic E-state index is 0.112. The van der Waals surface area contributed by atoms with Gasteiger partial charge in [0.1, 0.15) is 5.69 Å². The maximum Gasteiger partial charge on any atom is 0.220 e. The Labute approximate surface area is 210 Å². The lowest BCUT2D eigenvalue weighted by molar-refractivity contribution is 0.422. The lowest BCUT2D eigenvalue weighted by Gasteiger charge is -2.07. The van der Waals surface area contributed by atoms with Gasteiger partial charge in [0.2, 0.25) is 5.88 Å². The van der Waals surface area contributed by atoms with Gasteiger partial charge in [-0.3, -0.25) is 0 Å². The molecule has 0 atom stereocenters. The van der Waals surface area contributed by atoms with Crippen molar-refractivity contribution in [1.29, 1.82) is 0 Å². The number of nitrogens with zero attached hydrogens (tertiary/aromatic N) is 4. The number of hydrogen-bond donors (Lipinski definition) is 1. The number of hydrogen-bond acceptors (Lipinski definition) is 4.